The summed E-state index contributed by atoms with van der Waals surface area (Å²) in [6.07, 6.45) is 1.45. The van der Waals surface area contributed by atoms with Crippen LogP contribution in [0.5, 0.6) is 5.75 Å². The van der Waals surface area contributed by atoms with E-state index in [0.717, 1.165) is 18.6 Å². The van der Waals surface area contributed by atoms with Gasteiger partial charge in [0, 0.05) is 6.54 Å². The van der Waals surface area contributed by atoms with Gasteiger partial charge < -0.3 is 4.74 Å². The van der Waals surface area contributed by atoms with Gasteiger partial charge >= 0.3 is 0 Å². The molecule has 2 aromatic carbocycles. The average molecular weight is 352 g/mol. The van der Waals surface area contributed by atoms with Crippen molar-refractivity contribution in [1.82, 2.24) is 4.31 Å². The average Bonchev–Trinajstić information content (AvgIpc) is 2.56. The van der Waals surface area contributed by atoms with Gasteiger partial charge in [-0.2, -0.15) is 4.31 Å². The van der Waals surface area contributed by atoms with Crippen molar-refractivity contribution in [1.29, 1.82) is 0 Å². The van der Waals surface area contributed by atoms with Gasteiger partial charge in [0.25, 0.3) is 0 Å². The number of para-hydroxylation sites is 1. The van der Waals surface area contributed by atoms with Crippen LogP contribution in [0.2, 0.25) is 5.02 Å². The molecular formula is C17H18ClNO3S. The molecule has 23 heavy (non-hydrogen) atoms. The number of hydrogen-bond donors (Lipinski definition) is 0. The second-order valence-electron chi connectivity index (χ2n) is 5.49. The van der Waals surface area contributed by atoms with Crippen LogP contribution in [-0.2, 0) is 10.0 Å². The Bertz CT molecular complexity index is 764. The van der Waals surface area contributed by atoms with E-state index in [2.05, 4.69) is 0 Å². The van der Waals surface area contributed by atoms with Crippen molar-refractivity contribution in [3.8, 4) is 5.75 Å². The first-order chi connectivity index (χ1) is 11.1. The smallest absolute Gasteiger partial charge is 0.244 e. The highest BCUT2D eigenvalue weighted by Gasteiger charge is 2.32. The maximum absolute atomic E-state index is 12.8. The number of hydrogen-bond acceptors (Lipinski definition) is 3. The quantitative estimate of drug-likeness (QED) is 0.846. The summed E-state index contributed by atoms with van der Waals surface area (Å²) in [6, 6.07) is 16.0. The number of ether oxygens (including phenoxy) is 1. The van der Waals surface area contributed by atoms with Crippen LogP contribution in [0, 0.1) is 0 Å². The van der Waals surface area contributed by atoms with E-state index in [1.807, 2.05) is 30.3 Å². The molecule has 1 heterocycles. The highest BCUT2D eigenvalue weighted by atomic mass is 35.5. The lowest BCUT2D eigenvalue weighted by molar-refractivity contribution is 0.130. The zero-order valence-corrected chi connectivity index (χ0v) is 14.1. The summed E-state index contributed by atoms with van der Waals surface area (Å²) in [5.41, 5.74) is 0. The minimum absolute atomic E-state index is 0.150. The molecule has 3 rings (SSSR count). The second-order valence-corrected chi connectivity index (χ2v) is 7.80. The Hall–Kier alpha value is -1.56. The van der Waals surface area contributed by atoms with Crippen molar-refractivity contribution in [3.05, 3.63) is 59.6 Å². The molecule has 122 valence electrons. The monoisotopic (exact) mass is 351 g/mol. The number of benzene rings is 2. The third kappa shape index (κ3) is 3.68. The molecule has 4 nitrogen and oxygen atoms in total. The van der Waals surface area contributed by atoms with Crippen LogP contribution < -0.4 is 4.74 Å². The third-order valence-electron chi connectivity index (χ3n) is 3.84. The van der Waals surface area contributed by atoms with Gasteiger partial charge in [-0.05, 0) is 37.1 Å². The lowest BCUT2D eigenvalue weighted by Gasteiger charge is -2.32. The number of sulfonamides is 1. The molecule has 1 aliphatic rings. The highest BCUT2D eigenvalue weighted by Crippen LogP contribution is 2.27. The first kappa shape index (κ1) is 16.3. The van der Waals surface area contributed by atoms with Crippen molar-refractivity contribution in [2.75, 3.05) is 13.1 Å². The fourth-order valence-electron chi connectivity index (χ4n) is 2.70. The van der Waals surface area contributed by atoms with Crippen LogP contribution in [0.4, 0.5) is 0 Å². The Morgan fingerprint density at radius 3 is 2.48 bits per heavy atom. The summed E-state index contributed by atoms with van der Waals surface area (Å²) in [4.78, 5) is 0.155. The Balaban J connectivity index is 1.77. The Kier molecular flexibility index (Phi) is 4.90. The van der Waals surface area contributed by atoms with Gasteiger partial charge in [-0.15, -0.1) is 0 Å². The van der Waals surface area contributed by atoms with Crippen molar-refractivity contribution in [2.24, 2.45) is 0 Å². The lowest BCUT2D eigenvalue weighted by Crippen LogP contribution is -2.44. The van der Waals surface area contributed by atoms with Crippen molar-refractivity contribution >= 4 is 21.6 Å². The molecule has 1 aliphatic heterocycles. The molecule has 1 saturated heterocycles. The molecule has 1 fully saturated rings. The normalized spacial score (nSPS) is 19.4. The fourth-order valence-corrected chi connectivity index (χ4v) is 4.71. The third-order valence-corrected chi connectivity index (χ3v) is 6.21. The van der Waals surface area contributed by atoms with Crippen molar-refractivity contribution in [3.63, 3.8) is 0 Å². The van der Waals surface area contributed by atoms with Crippen LogP contribution in [0.15, 0.2) is 59.5 Å². The fraction of sp³-hybridized carbons (Fsp3) is 0.294. The molecule has 6 heteroatoms. The Morgan fingerprint density at radius 2 is 1.74 bits per heavy atom. The van der Waals surface area contributed by atoms with Crippen LogP contribution in [0.1, 0.15) is 12.8 Å². The van der Waals surface area contributed by atoms with E-state index in [-0.39, 0.29) is 16.0 Å². The summed E-state index contributed by atoms with van der Waals surface area (Å²) in [5, 5.41) is 0.249. The number of nitrogens with zero attached hydrogens (tertiary/aromatic N) is 1. The van der Waals surface area contributed by atoms with Gasteiger partial charge in [-0.25, -0.2) is 8.42 Å². The molecule has 0 spiro atoms. The van der Waals surface area contributed by atoms with E-state index in [9.17, 15) is 8.42 Å². The Morgan fingerprint density at radius 1 is 1.04 bits per heavy atom. The molecule has 0 amide bonds. The van der Waals surface area contributed by atoms with Gasteiger partial charge in [0.2, 0.25) is 10.0 Å². The van der Waals surface area contributed by atoms with Crippen molar-refractivity contribution < 1.29 is 13.2 Å². The van der Waals surface area contributed by atoms with Crippen LogP contribution in [-0.4, -0.2) is 31.9 Å². The summed E-state index contributed by atoms with van der Waals surface area (Å²) in [6.45, 7) is 0.824. The first-order valence-corrected chi connectivity index (χ1v) is 9.35. The Labute approximate surface area is 141 Å². The number of halogens is 1. The molecule has 0 saturated carbocycles. The maximum Gasteiger partial charge on any atom is 0.244 e. The van der Waals surface area contributed by atoms with Gasteiger partial charge in [-0.3, -0.25) is 0 Å². The summed E-state index contributed by atoms with van der Waals surface area (Å²) >= 11 is 6.06. The molecular weight excluding hydrogens is 334 g/mol. The molecule has 0 aromatic heterocycles. The molecule has 1 unspecified atom stereocenters. The minimum atomic E-state index is -3.60. The van der Waals surface area contributed by atoms with E-state index < -0.39 is 10.0 Å². The van der Waals surface area contributed by atoms with E-state index in [0.29, 0.717) is 13.1 Å². The highest BCUT2D eigenvalue weighted by molar-refractivity contribution is 7.89. The zero-order chi connectivity index (χ0) is 16.3. The van der Waals surface area contributed by atoms with Crippen LogP contribution in [0.3, 0.4) is 0 Å². The largest absolute Gasteiger partial charge is 0.489 e. The summed E-state index contributed by atoms with van der Waals surface area (Å²) in [7, 11) is -3.60. The topological polar surface area (TPSA) is 46.6 Å². The maximum atomic E-state index is 12.8. The standard InChI is InChI=1S/C17H18ClNO3S/c18-16-10-4-5-11-17(16)23(20,21)19-12-6-9-15(13-19)22-14-7-2-1-3-8-14/h1-5,7-8,10-11,15H,6,9,12-13H2. The van der Waals surface area contributed by atoms with E-state index >= 15 is 0 Å². The molecule has 2 aromatic rings. The van der Waals surface area contributed by atoms with Gasteiger partial charge in [0.05, 0.1) is 11.6 Å². The summed E-state index contributed by atoms with van der Waals surface area (Å²) in [5.74, 6) is 0.759. The SMILES string of the molecule is O=S(=O)(c1ccccc1Cl)N1CCCC(Oc2ccccc2)C1. The molecule has 0 radical (unpaired) electrons. The summed E-state index contributed by atoms with van der Waals surface area (Å²) < 4.78 is 33.0. The van der Waals surface area contributed by atoms with Gasteiger partial charge in [0.1, 0.15) is 16.7 Å². The predicted octanol–water partition coefficient (Wildman–Crippen LogP) is 3.57. The minimum Gasteiger partial charge on any atom is -0.489 e. The molecule has 0 bridgehead atoms. The number of rotatable bonds is 4. The predicted molar refractivity (Wildman–Crippen MR) is 90.3 cm³/mol. The lowest BCUT2D eigenvalue weighted by atomic mass is 10.1. The van der Waals surface area contributed by atoms with E-state index in [4.69, 9.17) is 16.3 Å². The second kappa shape index (κ2) is 6.91. The van der Waals surface area contributed by atoms with Crippen LogP contribution in [0.25, 0.3) is 0 Å². The first-order valence-electron chi connectivity index (χ1n) is 7.54. The van der Waals surface area contributed by atoms with Gasteiger partial charge in [-0.1, -0.05) is 41.9 Å². The van der Waals surface area contributed by atoms with E-state index in [1.54, 1.807) is 24.3 Å². The molecule has 0 N–H and O–H groups in total. The van der Waals surface area contributed by atoms with Crippen molar-refractivity contribution in [2.45, 2.75) is 23.8 Å². The van der Waals surface area contributed by atoms with E-state index in [1.165, 1.54) is 4.31 Å². The zero-order valence-electron chi connectivity index (χ0n) is 12.6. The van der Waals surface area contributed by atoms with Gasteiger partial charge in [0.15, 0.2) is 0 Å². The van der Waals surface area contributed by atoms with Crippen LogP contribution >= 0.6 is 11.6 Å². The molecule has 1 atom stereocenters. The molecule has 0 aliphatic carbocycles. The number of piperidine rings is 1.